The van der Waals surface area contributed by atoms with E-state index < -0.39 is 0 Å². The van der Waals surface area contributed by atoms with E-state index in [0.29, 0.717) is 31.3 Å². The summed E-state index contributed by atoms with van der Waals surface area (Å²) in [6.07, 6.45) is 2.55. The largest absolute Gasteiger partial charge is 0.459 e. The highest BCUT2D eigenvalue weighted by Crippen LogP contribution is 2.36. The average molecular weight is 366 g/mol. The van der Waals surface area contributed by atoms with Crippen molar-refractivity contribution < 1.29 is 9.21 Å². The number of piperidine rings is 1. The minimum absolute atomic E-state index is 0.0595. The Labute approximate surface area is 154 Å². The minimum atomic E-state index is -0.0595. The van der Waals surface area contributed by atoms with Crippen molar-refractivity contribution >= 4 is 17.2 Å². The number of furan rings is 1. The fraction of sp³-hybridized carbons (Fsp3) is 0.300. The number of rotatable bonds is 2. The number of thiophene rings is 1. The predicted molar refractivity (Wildman–Crippen MR) is 99.5 cm³/mol. The van der Waals surface area contributed by atoms with Crippen LogP contribution in [0, 0.1) is 5.92 Å². The highest BCUT2D eigenvalue weighted by atomic mass is 32.1. The Bertz CT molecular complexity index is 1000. The monoisotopic (exact) mass is 366 g/mol. The number of aromatic nitrogens is 1. The van der Waals surface area contributed by atoms with Crippen molar-refractivity contribution in [2.45, 2.75) is 18.9 Å². The van der Waals surface area contributed by atoms with E-state index in [-0.39, 0.29) is 17.4 Å². The molecule has 2 aliphatic heterocycles. The fourth-order valence-electron chi connectivity index (χ4n) is 4.29. The third-order valence-electron chi connectivity index (χ3n) is 5.41. The van der Waals surface area contributed by atoms with Gasteiger partial charge in [0.25, 0.3) is 11.5 Å². The molecule has 2 aliphatic rings. The number of hydrogen-bond donors (Lipinski definition) is 0. The number of nitrogens with zero attached hydrogens (tertiary/aromatic N) is 2. The molecule has 0 N–H and O–H groups in total. The van der Waals surface area contributed by atoms with Gasteiger partial charge in [-0.3, -0.25) is 9.59 Å². The molecule has 0 saturated carbocycles. The summed E-state index contributed by atoms with van der Waals surface area (Å²) in [6, 6.07) is 11.4. The van der Waals surface area contributed by atoms with Gasteiger partial charge in [0.15, 0.2) is 5.76 Å². The molecule has 5 nitrogen and oxygen atoms in total. The zero-order valence-corrected chi connectivity index (χ0v) is 14.9. The summed E-state index contributed by atoms with van der Waals surface area (Å²) in [7, 11) is 0. The molecule has 0 aromatic carbocycles. The number of amides is 1. The van der Waals surface area contributed by atoms with Gasteiger partial charge in [0.2, 0.25) is 0 Å². The molecular weight excluding hydrogens is 348 g/mol. The van der Waals surface area contributed by atoms with Crippen LogP contribution in [0.5, 0.6) is 0 Å². The van der Waals surface area contributed by atoms with Gasteiger partial charge in [-0.25, -0.2) is 0 Å². The van der Waals surface area contributed by atoms with E-state index in [1.165, 1.54) is 6.26 Å². The molecule has 3 aromatic heterocycles. The average Bonchev–Trinajstić information content (AvgIpc) is 3.36. The van der Waals surface area contributed by atoms with Crippen LogP contribution in [0.3, 0.4) is 0 Å². The van der Waals surface area contributed by atoms with Crippen LogP contribution >= 0.6 is 11.3 Å². The van der Waals surface area contributed by atoms with E-state index in [2.05, 4.69) is 6.07 Å². The number of carbonyl (C=O) groups excluding carboxylic acids is 1. The number of likely N-dealkylation sites (tertiary alicyclic amines) is 1. The van der Waals surface area contributed by atoms with Crippen molar-refractivity contribution in [2.24, 2.45) is 5.92 Å². The number of pyridine rings is 1. The highest BCUT2D eigenvalue weighted by Gasteiger charge is 2.37. The van der Waals surface area contributed by atoms with Gasteiger partial charge in [-0.1, -0.05) is 6.07 Å². The van der Waals surface area contributed by atoms with Gasteiger partial charge in [0.05, 0.1) is 11.8 Å². The summed E-state index contributed by atoms with van der Waals surface area (Å²) in [5.41, 5.74) is 1.90. The van der Waals surface area contributed by atoms with Gasteiger partial charge in [0, 0.05) is 36.1 Å². The summed E-state index contributed by atoms with van der Waals surface area (Å²) in [6.45, 7) is 1.98. The van der Waals surface area contributed by atoms with Crippen LogP contribution < -0.4 is 5.56 Å². The second-order valence-electron chi connectivity index (χ2n) is 7.05. The van der Waals surface area contributed by atoms with Crippen LogP contribution in [0.4, 0.5) is 0 Å². The molecule has 2 atom stereocenters. The molecule has 26 heavy (non-hydrogen) atoms. The summed E-state index contributed by atoms with van der Waals surface area (Å²) in [4.78, 5) is 28.5. The Kier molecular flexibility index (Phi) is 3.60. The van der Waals surface area contributed by atoms with E-state index in [9.17, 15) is 9.59 Å². The first-order valence-corrected chi connectivity index (χ1v) is 9.69. The standard InChI is InChI=1S/C20H18N2O3S/c23-19-15(18-4-2-8-26-18)5-6-16-14-9-13(11-22(16)19)10-21(12-14)20(24)17-3-1-7-25-17/h1-8,13-14H,9-12H2. The van der Waals surface area contributed by atoms with Crippen molar-refractivity contribution in [3.8, 4) is 10.4 Å². The van der Waals surface area contributed by atoms with Gasteiger partial charge in [-0.15, -0.1) is 11.3 Å². The molecule has 0 spiro atoms. The quantitative estimate of drug-likeness (QED) is 0.698. The number of fused-ring (bicyclic) bond motifs is 4. The van der Waals surface area contributed by atoms with Crippen LogP contribution in [0.1, 0.15) is 28.6 Å². The lowest BCUT2D eigenvalue weighted by molar-refractivity contribution is 0.0564. The minimum Gasteiger partial charge on any atom is -0.459 e. The van der Waals surface area contributed by atoms with Gasteiger partial charge in [0.1, 0.15) is 0 Å². The SMILES string of the molecule is O=C(c1ccco1)N1CC2CC(C1)c1ccc(-c3cccs3)c(=O)n1C2. The zero-order chi connectivity index (χ0) is 17.7. The van der Waals surface area contributed by atoms with E-state index in [1.54, 1.807) is 23.5 Å². The van der Waals surface area contributed by atoms with Crippen molar-refractivity contribution in [3.05, 3.63) is 69.8 Å². The van der Waals surface area contributed by atoms with Crippen molar-refractivity contribution in [2.75, 3.05) is 13.1 Å². The Morgan fingerprint density at radius 2 is 2.04 bits per heavy atom. The van der Waals surface area contributed by atoms with Crippen LogP contribution in [0.2, 0.25) is 0 Å². The molecule has 3 aromatic rings. The summed E-state index contributed by atoms with van der Waals surface area (Å²) < 4.78 is 7.20. The Hall–Kier alpha value is -2.60. The normalized spacial score (nSPS) is 21.5. The molecule has 1 saturated heterocycles. The van der Waals surface area contributed by atoms with Crippen molar-refractivity contribution in [1.82, 2.24) is 9.47 Å². The molecule has 132 valence electrons. The second kappa shape index (κ2) is 5.99. The first-order chi connectivity index (χ1) is 12.7. The Morgan fingerprint density at radius 3 is 2.81 bits per heavy atom. The molecule has 0 aliphatic carbocycles. The van der Waals surface area contributed by atoms with Gasteiger partial charge < -0.3 is 13.9 Å². The van der Waals surface area contributed by atoms with Gasteiger partial charge >= 0.3 is 0 Å². The molecule has 0 radical (unpaired) electrons. The lowest BCUT2D eigenvalue weighted by Crippen LogP contribution is -2.49. The van der Waals surface area contributed by atoms with Crippen LogP contribution in [-0.2, 0) is 6.54 Å². The molecule has 5 heterocycles. The third kappa shape index (κ3) is 2.44. The van der Waals surface area contributed by atoms with Crippen LogP contribution in [0.15, 0.2) is 57.3 Å². The van der Waals surface area contributed by atoms with Crippen LogP contribution in [0.25, 0.3) is 10.4 Å². The molecular formula is C20H18N2O3S. The number of hydrogen-bond acceptors (Lipinski definition) is 4. The molecule has 6 heteroatoms. The van der Waals surface area contributed by atoms with Crippen molar-refractivity contribution in [1.29, 1.82) is 0 Å². The van der Waals surface area contributed by atoms with Crippen LogP contribution in [-0.4, -0.2) is 28.5 Å². The lowest BCUT2D eigenvalue weighted by Gasteiger charge is -2.42. The molecule has 2 bridgehead atoms. The molecule has 2 unspecified atom stereocenters. The highest BCUT2D eigenvalue weighted by molar-refractivity contribution is 7.13. The van der Waals surface area contributed by atoms with Crippen molar-refractivity contribution in [3.63, 3.8) is 0 Å². The maximum Gasteiger partial charge on any atom is 0.289 e. The molecule has 1 fully saturated rings. The topological polar surface area (TPSA) is 55.5 Å². The summed E-state index contributed by atoms with van der Waals surface area (Å²) >= 11 is 1.59. The maximum atomic E-state index is 13.0. The lowest BCUT2D eigenvalue weighted by atomic mass is 9.83. The van der Waals surface area contributed by atoms with E-state index >= 15 is 0 Å². The Balaban J connectivity index is 1.49. The summed E-state index contributed by atoms with van der Waals surface area (Å²) in [5.74, 6) is 0.828. The zero-order valence-electron chi connectivity index (χ0n) is 14.1. The Morgan fingerprint density at radius 1 is 1.12 bits per heavy atom. The smallest absolute Gasteiger partial charge is 0.289 e. The first-order valence-electron chi connectivity index (χ1n) is 8.81. The molecule has 1 amide bonds. The van der Waals surface area contributed by atoms with E-state index in [1.807, 2.05) is 33.0 Å². The first kappa shape index (κ1) is 15.6. The van der Waals surface area contributed by atoms with Gasteiger partial charge in [-0.05, 0) is 48.1 Å². The second-order valence-corrected chi connectivity index (χ2v) is 8.00. The maximum absolute atomic E-state index is 13.0. The van der Waals surface area contributed by atoms with E-state index in [0.717, 1.165) is 22.6 Å². The van der Waals surface area contributed by atoms with Gasteiger partial charge in [-0.2, -0.15) is 0 Å². The summed E-state index contributed by atoms with van der Waals surface area (Å²) in [5, 5.41) is 1.99. The molecule has 5 rings (SSSR count). The fourth-order valence-corrected chi connectivity index (χ4v) is 5.03. The number of carbonyl (C=O) groups is 1. The predicted octanol–water partition coefficient (Wildman–Crippen LogP) is 3.43. The third-order valence-corrected chi connectivity index (χ3v) is 6.31. The van der Waals surface area contributed by atoms with E-state index in [4.69, 9.17) is 4.42 Å².